The number of pyridine rings is 1. The zero-order valence-electron chi connectivity index (χ0n) is 11.1. The van der Waals surface area contributed by atoms with E-state index in [1.165, 1.54) is 18.5 Å². The fourth-order valence-electron chi connectivity index (χ4n) is 3.04. The number of nitrogens with zero attached hydrogens (tertiary/aromatic N) is 3. The van der Waals surface area contributed by atoms with Crippen LogP contribution in [0.25, 0.3) is 0 Å². The molecule has 1 aromatic heterocycles. The standard InChI is InChI=1S/C14H20BrN3O/c15-13-10-16-4-3-14(13)18-5-1-2-12(11-18)17-6-8-19-9-7-17/h3-4,10,12H,1-2,5-9,11H2. The number of ether oxygens (including phenoxy) is 1. The van der Waals surface area contributed by atoms with Crippen LogP contribution in [0.2, 0.25) is 0 Å². The van der Waals surface area contributed by atoms with Crippen molar-refractivity contribution in [1.29, 1.82) is 0 Å². The van der Waals surface area contributed by atoms with Gasteiger partial charge in [0.25, 0.3) is 0 Å². The highest BCUT2D eigenvalue weighted by atomic mass is 79.9. The van der Waals surface area contributed by atoms with Crippen molar-refractivity contribution >= 4 is 21.6 Å². The average molecular weight is 326 g/mol. The predicted molar refractivity (Wildman–Crippen MR) is 79.6 cm³/mol. The van der Waals surface area contributed by atoms with Gasteiger partial charge in [0.1, 0.15) is 0 Å². The van der Waals surface area contributed by atoms with Gasteiger partial charge in [-0.25, -0.2) is 0 Å². The third kappa shape index (κ3) is 3.09. The molecule has 0 aromatic carbocycles. The van der Waals surface area contributed by atoms with Crippen LogP contribution >= 0.6 is 15.9 Å². The Bertz CT molecular complexity index is 423. The lowest BCUT2D eigenvalue weighted by Gasteiger charge is -2.41. The maximum absolute atomic E-state index is 5.45. The quantitative estimate of drug-likeness (QED) is 0.833. The summed E-state index contributed by atoms with van der Waals surface area (Å²) >= 11 is 3.61. The van der Waals surface area contributed by atoms with E-state index in [1.54, 1.807) is 0 Å². The molecule has 2 fully saturated rings. The fraction of sp³-hybridized carbons (Fsp3) is 0.643. The highest BCUT2D eigenvalue weighted by Gasteiger charge is 2.27. The van der Waals surface area contributed by atoms with Gasteiger partial charge in [-0.15, -0.1) is 0 Å². The first-order valence-corrected chi connectivity index (χ1v) is 7.80. The lowest BCUT2D eigenvalue weighted by molar-refractivity contribution is 0.0137. The molecule has 0 N–H and O–H groups in total. The van der Waals surface area contributed by atoms with Gasteiger partial charge in [-0.2, -0.15) is 0 Å². The van der Waals surface area contributed by atoms with Crippen LogP contribution in [0.3, 0.4) is 0 Å². The summed E-state index contributed by atoms with van der Waals surface area (Å²) in [5, 5.41) is 0. The monoisotopic (exact) mass is 325 g/mol. The zero-order valence-corrected chi connectivity index (χ0v) is 12.7. The van der Waals surface area contributed by atoms with Crippen molar-refractivity contribution in [2.24, 2.45) is 0 Å². The molecule has 1 atom stereocenters. The molecule has 0 spiro atoms. The summed E-state index contributed by atoms with van der Waals surface area (Å²) in [6.07, 6.45) is 6.32. The smallest absolute Gasteiger partial charge is 0.0594 e. The molecule has 0 radical (unpaired) electrons. The van der Waals surface area contributed by atoms with Crippen LogP contribution in [0, 0.1) is 0 Å². The Morgan fingerprint density at radius 2 is 2.11 bits per heavy atom. The van der Waals surface area contributed by atoms with Crippen molar-refractivity contribution in [2.75, 3.05) is 44.3 Å². The van der Waals surface area contributed by atoms with Crippen molar-refractivity contribution in [3.05, 3.63) is 22.9 Å². The highest BCUT2D eigenvalue weighted by molar-refractivity contribution is 9.10. The van der Waals surface area contributed by atoms with Gasteiger partial charge in [-0.3, -0.25) is 9.88 Å². The predicted octanol–water partition coefficient (Wildman–Crippen LogP) is 2.15. The maximum Gasteiger partial charge on any atom is 0.0594 e. The first-order chi connectivity index (χ1) is 9.34. The second kappa shape index (κ2) is 6.20. The highest BCUT2D eigenvalue weighted by Crippen LogP contribution is 2.28. The summed E-state index contributed by atoms with van der Waals surface area (Å²) in [5.74, 6) is 0. The van der Waals surface area contributed by atoms with E-state index in [4.69, 9.17) is 4.74 Å². The normalized spacial score (nSPS) is 25.5. The minimum absolute atomic E-state index is 0.665. The third-order valence-electron chi connectivity index (χ3n) is 4.05. The zero-order chi connectivity index (χ0) is 13.1. The van der Waals surface area contributed by atoms with E-state index in [9.17, 15) is 0 Å². The van der Waals surface area contributed by atoms with Gasteiger partial charge in [0.05, 0.1) is 23.4 Å². The molecule has 0 bridgehead atoms. The molecule has 2 aliphatic rings. The van der Waals surface area contributed by atoms with Crippen molar-refractivity contribution in [3.8, 4) is 0 Å². The fourth-order valence-corrected chi connectivity index (χ4v) is 3.54. The lowest BCUT2D eigenvalue weighted by atomic mass is 10.0. The Morgan fingerprint density at radius 1 is 1.26 bits per heavy atom. The molecule has 104 valence electrons. The van der Waals surface area contributed by atoms with Gasteiger partial charge in [0.15, 0.2) is 0 Å². The molecule has 3 rings (SSSR count). The number of aromatic nitrogens is 1. The molecule has 2 saturated heterocycles. The number of hydrogen-bond acceptors (Lipinski definition) is 4. The molecule has 1 aromatic rings. The van der Waals surface area contributed by atoms with Crippen molar-refractivity contribution < 1.29 is 4.74 Å². The third-order valence-corrected chi connectivity index (χ3v) is 4.66. The maximum atomic E-state index is 5.45. The van der Waals surface area contributed by atoms with Gasteiger partial charge in [0.2, 0.25) is 0 Å². The first-order valence-electron chi connectivity index (χ1n) is 7.01. The summed E-state index contributed by atoms with van der Waals surface area (Å²) in [7, 11) is 0. The summed E-state index contributed by atoms with van der Waals surface area (Å²) in [6.45, 7) is 6.18. The second-order valence-corrected chi connectivity index (χ2v) is 6.07. The number of piperidine rings is 1. The molecule has 2 aliphatic heterocycles. The largest absolute Gasteiger partial charge is 0.379 e. The van der Waals surface area contributed by atoms with Crippen LogP contribution in [0.5, 0.6) is 0 Å². The van der Waals surface area contributed by atoms with Gasteiger partial charge >= 0.3 is 0 Å². The average Bonchev–Trinajstić information content (AvgIpc) is 2.49. The molecule has 3 heterocycles. The molecule has 5 heteroatoms. The SMILES string of the molecule is Brc1cnccc1N1CCCC(N2CCOCC2)C1. The van der Waals surface area contributed by atoms with E-state index in [0.717, 1.165) is 43.9 Å². The van der Waals surface area contributed by atoms with E-state index in [-0.39, 0.29) is 0 Å². The summed E-state index contributed by atoms with van der Waals surface area (Å²) < 4.78 is 6.55. The van der Waals surface area contributed by atoms with Gasteiger partial charge in [-0.1, -0.05) is 0 Å². The van der Waals surface area contributed by atoms with Gasteiger partial charge in [-0.05, 0) is 34.8 Å². The van der Waals surface area contributed by atoms with E-state index in [1.807, 2.05) is 12.4 Å². The number of hydrogen-bond donors (Lipinski definition) is 0. The molecule has 1 unspecified atom stereocenters. The number of halogens is 1. The minimum atomic E-state index is 0.665. The Morgan fingerprint density at radius 3 is 2.89 bits per heavy atom. The molecule has 4 nitrogen and oxygen atoms in total. The number of anilines is 1. The Balaban J connectivity index is 1.69. The number of morpholine rings is 1. The van der Waals surface area contributed by atoms with Crippen LogP contribution in [0.4, 0.5) is 5.69 Å². The molecule has 0 saturated carbocycles. The number of rotatable bonds is 2. The molecular formula is C14H20BrN3O. The second-order valence-electron chi connectivity index (χ2n) is 5.22. The summed E-state index contributed by atoms with van der Waals surface area (Å²) in [4.78, 5) is 9.22. The molecule has 0 amide bonds. The van der Waals surface area contributed by atoms with Crippen LogP contribution in [-0.2, 0) is 4.74 Å². The molecule has 0 aliphatic carbocycles. The lowest BCUT2D eigenvalue weighted by Crippen LogP contribution is -2.51. The first kappa shape index (κ1) is 13.3. The topological polar surface area (TPSA) is 28.6 Å². The Hall–Kier alpha value is -0.650. The Labute approximate surface area is 122 Å². The Kier molecular flexibility index (Phi) is 4.35. The minimum Gasteiger partial charge on any atom is -0.379 e. The summed E-state index contributed by atoms with van der Waals surface area (Å²) in [5.41, 5.74) is 1.27. The van der Waals surface area contributed by atoms with E-state index in [2.05, 4.69) is 36.8 Å². The van der Waals surface area contributed by atoms with Crippen LogP contribution in [-0.4, -0.2) is 55.3 Å². The van der Waals surface area contributed by atoms with E-state index >= 15 is 0 Å². The van der Waals surface area contributed by atoms with Crippen LogP contribution in [0.1, 0.15) is 12.8 Å². The van der Waals surface area contributed by atoms with Gasteiger partial charge < -0.3 is 9.64 Å². The van der Waals surface area contributed by atoms with E-state index < -0.39 is 0 Å². The van der Waals surface area contributed by atoms with Crippen molar-refractivity contribution in [3.63, 3.8) is 0 Å². The van der Waals surface area contributed by atoms with Crippen molar-refractivity contribution in [2.45, 2.75) is 18.9 Å². The summed E-state index contributed by atoms with van der Waals surface area (Å²) in [6, 6.07) is 2.77. The van der Waals surface area contributed by atoms with Gasteiger partial charge in [0, 0.05) is 44.6 Å². The molecule has 19 heavy (non-hydrogen) atoms. The van der Waals surface area contributed by atoms with Crippen molar-refractivity contribution in [1.82, 2.24) is 9.88 Å². The van der Waals surface area contributed by atoms with Crippen LogP contribution in [0.15, 0.2) is 22.9 Å². The van der Waals surface area contributed by atoms with E-state index in [0.29, 0.717) is 6.04 Å². The van der Waals surface area contributed by atoms with Crippen LogP contribution < -0.4 is 4.90 Å². The molecular weight excluding hydrogens is 306 g/mol.